The third kappa shape index (κ3) is 2.10. The number of carbonyl (C=O) groups excluding carboxylic acids is 1. The van der Waals surface area contributed by atoms with Crippen LogP contribution in [0.5, 0.6) is 0 Å². The Morgan fingerprint density at radius 2 is 1.65 bits per heavy atom. The van der Waals surface area contributed by atoms with Crippen molar-refractivity contribution in [2.24, 2.45) is 0 Å². The number of benzene rings is 3. The molecule has 1 nitrogen and oxygen atoms in total. The first kappa shape index (κ1) is 12.5. The Bertz CT molecular complexity index is 800. The van der Waals surface area contributed by atoms with E-state index in [4.69, 9.17) is 0 Å². The van der Waals surface area contributed by atoms with E-state index >= 15 is 0 Å². The lowest BCUT2D eigenvalue weighted by Crippen LogP contribution is -2.05. The van der Waals surface area contributed by atoms with E-state index in [2.05, 4.69) is 0 Å². The SMILES string of the molecule is Cc1ccc(F)cc1C(=O)c1cccc2ccccc12. The van der Waals surface area contributed by atoms with E-state index in [-0.39, 0.29) is 11.6 Å². The van der Waals surface area contributed by atoms with Gasteiger partial charge in [-0.3, -0.25) is 4.79 Å². The molecule has 0 fully saturated rings. The van der Waals surface area contributed by atoms with Gasteiger partial charge in [0, 0.05) is 11.1 Å². The number of carbonyl (C=O) groups is 1. The second-order valence-corrected chi connectivity index (χ2v) is 4.82. The monoisotopic (exact) mass is 264 g/mol. The van der Waals surface area contributed by atoms with Gasteiger partial charge in [0.2, 0.25) is 0 Å². The lowest BCUT2D eigenvalue weighted by atomic mass is 9.95. The normalized spacial score (nSPS) is 10.7. The van der Waals surface area contributed by atoms with E-state index in [1.807, 2.05) is 43.3 Å². The van der Waals surface area contributed by atoms with Crippen LogP contribution in [0.4, 0.5) is 4.39 Å². The van der Waals surface area contributed by atoms with Crippen molar-refractivity contribution in [3.05, 3.63) is 83.2 Å². The zero-order chi connectivity index (χ0) is 14.1. The van der Waals surface area contributed by atoms with Gasteiger partial charge in [-0.15, -0.1) is 0 Å². The zero-order valence-corrected chi connectivity index (χ0v) is 11.1. The van der Waals surface area contributed by atoms with Gasteiger partial charge in [0.05, 0.1) is 0 Å². The van der Waals surface area contributed by atoms with Crippen molar-refractivity contribution in [2.45, 2.75) is 6.92 Å². The largest absolute Gasteiger partial charge is 0.289 e. The molecular weight excluding hydrogens is 251 g/mol. The summed E-state index contributed by atoms with van der Waals surface area (Å²) in [6, 6.07) is 17.6. The number of aryl methyl sites for hydroxylation is 1. The van der Waals surface area contributed by atoms with Gasteiger partial charge in [-0.1, -0.05) is 48.5 Å². The third-order valence-corrected chi connectivity index (χ3v) is 3.48. The number of rotatable bonds is 2. The first-order valence-corrected chi connectivity index (χ1v) is 6.45. The van der Waals surface area contributed by atoms with Crippen molar-refractivity contribution < 1.29 is 9.18 Å². The van der Waals surface area contributed by atoms with Crippen LogP contribution in [0.25, 0.3) is 10.8 Å². The van der Waals surface area contributed by atoms with Crippen molar-refractivity contribution >= 4 is 16.6 Å². The third-order valence-electron chi connectivity index (χ3n) is 3.48. The Kier molecular flexibility index (Phi) is 3.07. The highest BCUT2D eigenvalue weighted by molar-refractivity contribution is 6.17. The molecule has 3 rings (SSSR count). The van der Waals surface area contributed by atoms with Crippen LogP contribution >= 0.6 is 0 Å². The lowest BCUT2D eigenvalue weighted by molar-refractivity contribution is 0.103. The number of halogens is 1. The van der Waals surface area contributed by atoms with Crippen LogP contribution < -0.4 is 0 Å². The van der Waals surface area contributed by atoms with Crippen LogP contribution in [-0.4, -0.2) is 5.78 Å². The fourth-order valence-corrected chi connectivity index (χ4v) is 2.41. The van der Waals surface area contributed by atoms with Crippen molar-refractivity contribution in [3.8, 4) is 0 Å². The van der Waals surface area contributed by atoms with Crippen molar-refractivity contribution in [1.29, 1.82) is 0 Å². The smallest absolute Gasteiger partial charge is 0.194 e. The molecule has 0 aromatic heterocycles. The predicted molar refractivity (Wildman–Crippen MR) is 78.5 cm³/mol. The Labute approximate surface area is 116 Å². The van der Waals surface area contributed by atoms with Gasteiger partial charge in [0.25, 0.3) is 0 Å². The van der Waals surface area contributed by atoms with E-state index in [0.29, 0.717) is 11.1 Å². The summed E-state index contributed by atoms with van der Waals surface area (Å²) in [5.74, 6) is -0.530. The van der Waals surface area contributed by atoms with Gasteiger partial charge in [-0.25, -0.2) is 4.39 Å². The summed E-state index contributed by atoms with van der Waals surface area (Å²) in [7, 11) is 0. The van der Waals surface area contributed by atoms with Gasteiger partial charge in [-0.2, -0.15) is 0 Å². The fourth-order valence-electron chi connectivity index (χ4n) is 2.41. The molecule has 0 spiro atoms. The predicted octanol–water partition coefficient (Wildman–Crippen LogP) is 4.52. The molecule has 0 heterocycles. The highest BCUT2D eigenvalue weighted by atomic mass is 19.1. The number of hydrogen-bond acceptors (Lipinski definition) is 1. The standard InChI is InChI=1S/C18H13FO/c1-12-9-10-14(19)11-17(12)18(20)16-8-4-6-13-5-2-3-7-15(13)16/h2-11H,1H3. The molecule has 2 heteroatoms. The molecule has 0 atom stereocenters. The fraction of sp³-hybridized carbons (Fsp3) is 0.0556. The van der Waals surface area contributed by atoms with Crippen LogP contribution in [0, 0.1) is 12.7 Å². The van der Waals surface area contributed by atoms with Gasteiger partial charge in [0.1, 0.15) is 5.82 Å². The van der Waals surface area contributed by atoms with Crippen LogP contribution in [0.3, 0.4) is 0 Å². The molecular formula is C18H13FO. The van der Waals surface area contributed by atoms with Crippen LogP contribution in [0.15, 0.2) is 60.7 Å². The Balaban J connectivity index is 2.20. The summed E-state index contributed by atoms with van der Waals surface area (Å²) in [6.45, 7) is 1.82. The molecule has 98 valence electrons. The number of hydrogen-bond donors (Lipinski definition) is 0. The molecule has 0 radical (unpaired) electrons. The second-order valence-electron chi connectivity index (χ2n) is 4.82. The molecule has 20 heavy (non-hydrogen) atoms. The molecule has 0 aliphatic heterocycles. The molecule has 0 N–H and O–H groups in total. The maximum atomic E-state index is 13.4. The quantitative estimate of drug-likeness (QED) is 0.622. The highest BCUT2D eigenvalue weighted by Crippen LogP contribution is 2.23. The topological polar surface area (TPSA) is 17.1 Å². The minimum atomic E-state index is -0.390. The average Bonchev–Trinajstić information content (AvgIpc) is 2.48. The summed E-state index contributed by atoms with van der Waals surface area (Å²) in [4.78, 5) is 12.7. The Morgan fingerprint density at radius 3 is 2.50 bits per heavy atom. The average molecular weight is 264 g/mol. The Hall–Kier alpha value is -2.48. The molecule has 3 aromatic carbocycles. The van der Waals surface area contributed by atoms with Crippen LogP contribution in [0.2, 0.25) is 0 Å². The zero-order valence-electron chi connectivity index (χ0n) is 11.1. The van der Waals surface area contributed by atoms with Gasteiger partial charge < -0.3 is 0 Å². The molecule has 0 aliphatic carbocycles. The summed E-state index contributed by atoms with van der Waals surface area (Å²) in [5.41, 5.74) is 1.81. The number of ketones is 1. The van der Waals surface area contributed by atoms with Gasteiger partial charge in [-0.05, 0) is 35.4 Å². The highest BCUT2D eigenvalue weighted by Gasteiger charge is 2.15. The van der Waals surface area contributed by atoms with Gasteiger partial charge in [0.15, 0.2) is 5.78 Å². The van der Waals surface area contributed by atoms with Gasteiger partial charge >= 0.3 is 0 Å². The first-order chi connectivity index (χ1) is 9.66. The molecule has 0 saturated carbocycles. The lowest BCUT2D eigenvalue weighted by Gasteiger charge is -2.08. The van der Waals surface area contributed by atoms with E-state index < -0.39 is 0 Å². The molecule has 0 saturated heterocycles. The summed E-state index contributed by atoms with van der Waals surface area (Å²) < 4.78 is 13.4. The molecule has 3 aromatic rings. The van der Waals surface area contributed by atoms with E-state index in [0.717, 1.165) is 16.3 Å². The molecule has 0 aliphatic rings. The van der Waals surface area contributed by atoms with E-state index in [9.17, 15) is 9.18 Å². The minimum Gasteiger partial charge on any atom is -0.289 e. The molecule has 0 amide bonds. The number of fused-ring (bicyclic) bond motifs is 1. The second kappa shape index (κ2) is 4.89. The van der Waals surface area contributed by atoms with Crippen LogP contribution in [-0.2, 0) is 0 Å². The maximum Gasteiger partial charge on any atom is 0.194 e. The maximum absolute atomic E-state index is 13.4. The van der Waals surface area contributed by atoms with Crippen molar-refractivity contribution in [2.75, 3.05) is 0 Å². The van der Waals surface area contributed by atoms with Crippen LogP contribution in [0.1, 0.15) is 21.5 Å². The summed E-state index contributed by atoms with van der Waals surface area (Å²) >= 11 is 0. The Morgan fingerprint density at radius 1 is 0.900 bits per heavy atom. The minimum absolute atomic E-state index is 0.140. The molecule has 0 bridgehead atoms. The summed E-state index contributed by atoms with van der Waals surface area (Å²) in [5, 5.41) is 1.90. The van der Waals surface area contributed by atoms with Crippen molar-refractivity contribution in [3.63, 3.8) is 0 Å². The van der Waals surface area contributed by atoms with Crippen molar-refractivity contribution in [1.82, 2.24) is 0 Å². The molecule has 0 unspecified atom stereocenters. The first-order valence-electron chi connectivity index (χ1n) is 6.45. The van der Waals surface area contributed by atoms with E-state index in [1.54, 1.807) is 12.1 Å². The summed E-state index contributed by atoms with van der Waals surface area (Å²) in [6.07, 6.45) is 0. The van der Waals surface area contributed by atoms with E-state index in [1.165, 1.54) is 12.1 Å².